The molecule has 0 heterocycles. The third-order valence-corrected chi connectivity index (χ3v) is 0. The minimum absolute atomic E-state index is 0.715. The summed E-state index contributed by atoms with van der Waals surface area (Å²) in [6.07, 6.45) is 0.715. The second-order valence-electron chi connectivity index (χ2n) is 0.733. The standard InChI is InChI=1S/CH4O3S.CH3.Cu/c1-5(2,3)4;;/h1H3,(H,2,3,4);1H3;. The van der Waals surface area contributed by atoms with E-state index in [0.29, 0.717) is 6.26 Å². The molecule has 0 unspecified atom stereocenters. The third kappa shape index (κ3) is 684. The van der Waals surface area contributed by atoms with Gasteiger partial charge in [-0.15, -0.1) is 0 Å². The predicted octanol–water partition coefficient (Wildman–Crippen LogP) is 0.0853. The molecule has 0 aliphatic heterocycles. The molecule has 0 aromatic rings. The van der Waals surface area contributed by atoms with Gasteiger partial charge in [0.05, 0.1) is 6.26 Å². The van der Waals surface area contributed by atoms with Gasteiger partial charge in [0.25, 0.3) is 10.1 Å². The summed E-state index contributed by atoms with van der Waals surface area (Å²) in [7, 11) is -3.67. The Morgan fingerprint density at radius 2 is 1.43 bits per heavy atom. The monoisotopic (exact) mass is 174 g/mol. The Hall–Kier alpha value is 0.429. The normalized spacial score (nSPS) is 9.29. The van der Waals surface area contributed by atoms with Gasteiger partial charge in [-0.2, -0.15) is 8.42 Å². The summed E-state index contributed by atoms with van der Waals surface area (Å²) < 4.78 is 25.9. The van der Waals surface area contributed by atoms with Gasteiger partial charge < -0.3 is 0 Å². The van der Waals surface area contributed by atoms with Gasteiger partial charge in [0, 0.05) is 0 Å². The van der Waals surface area contributed by atoms with E-state index in [-0.39, 0.29) is 0 Å². The molecular formula is C2H7CuO3S. The van der Waals surface area contributed by atoms with E-state index in [2.05, 4.69) is 16.0 Å². The van der Waals surface area contributed by atoms with Crippen molar-refractivity contribution in [2.45, 2.75) is 5.82 Å². The van der Waals surface area contributed by atoms with Gasteiger partial charge in [-0.3, -0.25) is 4.55 Å². The van der Waals surface area contributed by atoms with Crippen LogP contribution in [0.4, 0.5) is 0 Å². The molecule has 0 spiro atoms. The molecule has 0 rings (SSSR count). The first-order valence-corrected chi connectivity index (χ1v) is 4.02. The fourth-order valence-corrected chi connectivity index (χ4v) is 0. The quantitative estimate of drug-likeness (QED) is 0.418. The molecule has 0 aromatic heterocycles. The first-order chi connectivity index (χ1) is 3.00. The van der Waals surface area contributed by atoms with Crippen molar-refractivity contribution in [3.05, 3.63) is 0 Å². The molecule has 0 amide bonds. The summed E-state index contributed by atoms with van der Waals surface area (Å²) in [4.78, 5) is 0. The Morgan fingerprint density at radius 3 is 1.43 bits per heavy atom. The van der Waals surface area contributed by atoms with Crippen LogP contribution in [0.5, 0.6) is 0 Å². The summed E-state index contributed by atoms with van der Waals surface area (Å²) in [5, 5.41) is 0. The molecular weight excluding hydrogens is 168 g/mol. The van der Waals surface area contributed by atoms with Crippen LogP contribution in [0.15, 0.2) is 0 Å². The molecule has 5 heteroatoms. The van der Waals surface area contributed by atoms with Gasteiger partial charge in [0.1, 0.15) is 0 Å². The zero-order valence-electron chi connectivity index (χ0n) is 3.97. The summed E-state index contributed by atoms with van der Waals surface area (Å²) in [6, 6.07) is 0. The van der Waals surface area contributed by atoms with Gasteiger partial charge in [-0.25, -0.2) is 0 Å². The predicted molar refractivity (Wildman–Crippen MR) is 23.3 cm³/mol. The van der Waals surface area contributed by atoms with Crippen LogP contribution in [0.25, 0.3) is 0 Å². The van der Waals surface area contributed by atoms with Crippen molar-refractivity contribution >= 4 is 10.1 Å². The first kappa shape index (κ1) is 10.4. The minimum atomic E-state index is -3.67. The van der Waals surface area contributed by atoms with Crippen molar-refractivity contribution in [2.75, 3.05) is 6.26 Å². The molecule has 7 heavy (non-hydrogen) atoms. The van der Waals surface area contributed by atoms with Crippen LogP contribution in [0.1, 0.15) is 0 Å². The van der Waals surface area contributed by atoms with E-state index in [4.69, 9.17) is 4.55 Å². The summed E-state index contributed by atoms with van der Waals surface area (Å²) in [5.41, 5.74) is 0. The van der Waals surface area contributed by atoms with Crippen molar-refractivity contribution in [3.8, 4) is 0 Å². The Bertz CT molecular complexity index is 96.1. The number of hydrogen-bond acceptors (Lipinski definition) is 2. The zero-order valence-corrected chi connectivity index (χ0v) is 5.73. The Morgan fingerprint density at radius 1 is 1.43 bits per heavy atom. The van der Waals surface area contributed by atoms with E-state index in [1.165, 1.54) is 0 Å². The number of hydrogen-bond donors (Lipinski definition) is 1. The van der Waals surface area contributed by atoms with Gasteiger partial charge in [0.2, 0.25) is 0 Å². The zero-order chi connectivity index (χ0) is 6.50. The maximum atomic E-state index is 9.19. The van der Waals surface area contributed by atoms with Crippen LogP contribution in [0.2, 0.25) is 5.82 Å². The van der Waals surface area contributed by atoms with Crippen molar-refractivity contribution in [1.82, 2.24) is 0 Å². The van der Waals surface area contributed by atoms with E-state index in [0.717, 1.165) is 0 Å². The molecule has 0 fully saturated rings. The molecule has 50 valence electrons. The van der Waals surface area contributed by atoms with E-state index >= 15 is 0 Å². The van der Waals surface area contributed by atoms with Crippen molar-refractivity contribution < 1.29 is 29.0 Å². The molecule has 0 atom stereocenters. The second kappa shape index (κ2) is 4.59. The Balaban J connectivity index is 0. The van der Waals surface area contributed by atoms with Gasteiger partial charge in [-0.1, -0.05) is 0 Å². The average Bonchev–Trinajstić information content (AvgIpc) is 1.36. The van der Waals surface area contributed by atoms with Crippen molar-refractivity contribution in [1.29, 1.82) is 0 Å². The summed E-state index contributed by atoms with van der Waals surface area (Å²) in [6.45, 7) is 0. The van der Waals surface area contributed by atoms with E-state index in [1.807, 2.05) is 0 Å². The second-order valence-corrected chi connectivity index (χ2v) is 2.20. The van der Waals surface area contributed by atoms with E-state index < -0.39 is 10.1 Å². The van der Waals surface area contributed by atoms with Gasteiger partial charge in [0.15, 0.2) is 0 Å². The molecule has 1 N–H and O–H groups in total. The molecule has 0 aliphatic carbocycles. The number of rotatable bonds is 0. The van der Waals surface area contributed by atoms with Crippen LogP contribution in [0, 0.1) is 0 Å². The first-order valence-electron chi connectivity index (χ1n) is 1.23. The SMILES string of the molecule is CS(=O)(=O)O.[CH3][Cu]. The summed E-state index contributed by atoms with van der Waals surface area (Å²) in [5.74, 6) is 1.56. The van der Waals surface area contributed by atoms with Crippen LogP contribution in [-0.4, -0.2) is 19.2 Å². The van der Waals surface area contributed by atoms with Gasteiger partial charge >= 0.3 is 21.8 Å². The third-order valence-electron chi connectivity index (χ3n) is 0. The molecule has 0 aliphatic rings. The fraction of sp³-hybridized carbons (Fsp3) is 1.00. The van der Waals surface area contributed by atoms with Crippen LogP contribution >= 0.6 is 0 Å². The van der Waals surface area contributed by atoms with Crippen LogP contribution < -0.4 is 0 Å². The Kier molecular flexibility index (Phi) is 6.82. The molecule has 0 aromatic carbocycles. The average molecular weight is 175 g/mol. The molecule has 0 saturated heterocycles. The summed E-state index contributed by atoms with van der Waals surface area (Å²) >= 11 is 4.19. The fourth-order valence-electron chi connectivity index (χ4n) is 0. The Labute approximate surface area is 51.7 Å². The van der Waals surface area contributed by atoms with E-state index in [1.54, 1.807) is 5.82 Å². The topological polar surface area (TPSA) is 54.4 Å². The molecule has 0 radical (unpaired) electrons. The van der Waals surface area contributed by atoms with Crippen molar-refractivity contribution in [3.63, 3.8) is 0 Å². The van der Waals surface area contributed by atoms with Crippen LogP contribution in [0.3, 0.4) is 0 Å². The maximum absolute atomic E-state index is 9.19. The van der Waals surface area contributed by atoms with Crippen LogP contribution in [-0.2, 0) is 26.1 Å². The molecule has 0 saturated carbocycles. The van der Waals surface area contributed by atoms with E-state index in [9.17, 15) is 8.42 Å². The molecule has 3 nitrogen and oxygen atoms in total. The van der Waals surface area contributed by atoms with Gasteiger partial charge in [-0.05, 0) is 0 Å². The van der Waals surface area contributed by atoms with Crippen molar-refractivity contribution in [2.24, 2.45) is 0 Å². The molecule has 0 bridgehead atoms.